The number of hydrogen-bond donors (Lipinski definition) is 0. The normalized spacial score (nSPS) is 41.7. The van der Waals surface area contributed by atoms with Crippen LogP contribution in [-0.2, 0) is 4.74 Å². The van der Waals surface area contributed by atoms with Crippen LogP contribution in [0, 0.1) is 0 Å². The number of methoxy groups -OCH3 is 1. The van der Waals surface area contributed by atoms with Gasteiger partial charge >= 0.3 is 0 Å². The lowest BCUT2D eigenvalue weighted by atomic mass is 9.86. The fraction of sp³-hybridized carbons (Fsp3) is 1.00. The lowest BCUT2D eigenvalue weighted by Crippen LogP contribution is -2.40. The van der Waals surface area contributed by atoms with Gasteiger partial charge in [-0.3, -0.25) is 0 Å². The molecular weight excluding hydrogens is 192 g/mol. The molecule has 0 heterocycles. The van der Waals surface area contributed by atoms with Crippen molar-refractivity contribution in [3.05, 3.63) is 0 Å². The molecular formula is C8H15BrO. The van der Waals surface area contributed by atoms with Gasteiger partial charge in [-0.2, -0.15) is 0 Å². The molecule has 1 aliphatic rings. The first-order valence-electron chi connectivity index (χ1n) is 3.88. The van der Waals surface area contributed by atoms with E-state index in [1.54, 1.807) is 7.11 Å². The monoisotopic (exact) mass is 206 g/mol. The maximum atomic E-state index is 5.44. The van der Waals surface area contributed by atoms with E-state index in [0.29, 0.717) is 4.83 Å². The molecule has 1 saturated carbocycles. The number of hydrogen-bond acceptors (Lipinski definition) is 1. The molecule has 0 bridgehead atoms. The van der Waals surface area contributed by atoms with E-state index in [2.05, 4.69) is 22.9 Å². The van der Waals surface area contributed by atoms with Crippen molar-refractivity contribution >= 4 is 15.9 Å². The Kier molecular flexibility index (Phi) is 2.75. The van der Waals surface area contributed by atoms with Crippen LogP contribution in [0.5, 0.6) is 0 Å². The Hall–Kier alpha value is 0.440. The first kappa shape index (κ1) is 8.54. The van der Waals surface area contributed by atoms with Crippen molar-refractivity contribution in [3.8, 4) is 0 Å². The van der Waals surface area contributed by atoms with Gasteiger partial charge in [0.25, 0.3) is 0 Å². The Morgan fingerprint density at radius 2 is 2.20 bits per heavy atom. The summed E-state index contributed by atoms with van der Waals surface area (Å²) < 4.78 is 5.44. The van der Waals surface area contributed by atoms with Crippen LogP contribution in [0.25, 0.3) is 0 Å². The number of rotatable bonds is 1. The van der Waals surface area contributed by atoms with Crippen LogP contribution in [0.2, 0.25) is 0 Å². The van der Waals surface area contributed by atoms with Gasteiger partial charge < -0.3 is 4.74 Å². The van der Waals surface area contributed by atoms with Crippen LogP contribution < -0.4 is 0 Å². The van der Waals surface area contributed by atoms with Crippen LogP contribution in [0.1, 0.15) is 32.6 Å². The summed E-state index contributed by atoms with van der Waals surface area (Å²) in [7, 11) is 1.81. The lowest BCUT2D eigenvalue weighted by Gasteiger charge is -2.36. The summed E-state index contributed by atoms with van der Waals surface area (Å²) in [5.41, 5.74) is 0.0955. The highest BCUT2D eigenvalue weighted by atomic mass is 79.9. The summed E-state index contributed by atoms with van der Waals surface area (Å²) in [5, 5.41) is 0. The average molecular weight is 207 g/mol. The average Bonchev–Trinajstić information content (AvgIpc) is 1.96. The minimum Gasteiger partial charge on any atom is -0.377 e. The second kappa shape index (κ2) is 3.22. The molecule has 0 aromatic heterocycles. The number of alkyl halides is 1. The van der Waals surface area contributed by atoms with E-state index in [0.717, 1.165) is 0 Å². The molecule has 2 atom stereocenters. The van der Waals surface area contributed by atoms with E-state index in [4.69, 9.17) is 4.74 Å². The molecule has 2 heteroatoms. The highest BCUT2D eigenvalue weighted by Gasteiger charge is 2.34. The zero-order valence-corrected chi connectivity index (χ0v) is 8.28. The van der Waals surface area contributed by atoms with Crippen LogP contribution in [-0.4, -0.2) is 17.5 Å². The second-order valence-corrected chi connectivity index (χ2v) is 4.34. The Labute approximate surface area is 71.3 Å². The lowest BCUT2D eigenvalue weighted by molar-refractivity contribution is -0.0158. The maximum Gasteiger partial charge on any atom is 0.0775 e. The molecule has 1 fully saturated rings. The minimum atomic E-state index is 0.0955. The second-order valence-electron chi connectivity index (χ2n) is 3.23. The standard InChI is InChI=1S/C8H15BrO/c1-8(10-2)6-4-3-5-7(8)9/h7H,3-6H2,1-2H3/t7-,8-/m0/s1. The van der Waals surface area contributed by atoms with Crippen molar-refractivity contribution in [2.45, 2.75) is 43.0 Å². The van der Waals surface area contributed by atoms with E-state index < -0.39 is 0 Å². The van der Waals surface area contributed by atoms with Crippen LogP contribution >= 0.6 is 15.9 Å². The van der Waals surface area contributed by atoms with Gasteiger partial charge in [-0.15, -0.1) is 0 Å². The quantitative estimate of drug-likeness (QED) is 0.600. The van der Waals surface area contributed by atoms with Crippen molar-refractivity contribution in [1.29, 1.82) is 0 Å². The zero-order chi connectivity index (χ0) is 7.61. The Bertz CT molecular complexity index is 116. The third-order valence-corrected chi connectivity index (χ3v) is 3.94. The van der Waals surface area contributed by atoms with Gasteiger partial charge in [0.15, 0.2) is 0 Å². The van der Waals surface area contributed by atoms with Gasteiger partial charge in [0.2, 0.25) is 0 Å². The summed E-state index contributed by atoms with van der Waals surface area (Å²) in [5.74, 6) is 0. The topological polar surface area (TPSA) is 9.23 Å². The van der Waals surface area contributed by atoms with Crippen LogP contribution in [0.15, 0.2) is 0 Å². The van der Waals surface area contributed by atoms with Gasteiger partial charge in [-0.05, 0) is 19.8 Å². The van der Waals surface area contributed by atoms with E-state index in [-0.39, 0.29) is 5.60 Å². The van der Waals surface area contributed by atoms with Gasteiger partial charge in [0.1, 0.15) is 0 Å². The van der Waals surface area contributed by atoms with Crippen LogP contribution in [0.4, 0.5) is 0 Å². The third kappa shape index (κ3) is 1.54. The Morgan fingerprint density at radius 3 is 2.60 bits per heavy atom. The molecule has 0 aromatic carbocycles. The number of ether oxygens (including phenoxy) is 1. The van der Waals surface area contributed by atoms with Gasteiger partial charge in [-0.1, -0.05) is 28.8 Å². The fourth-order valence-corrected chi connectivity index (χ4v) is 2.23. The Balaban J connectivity index is 2.54. The van der Waals surface area contributed by atoms with Gasteiger partial charge in [0.05, 0.1) is 5.60 Å². The molecule has 0 radical (unpaired) electrons. The molecule has 0 unspecified atom stereocenters. The summed E-state index contributed by atoms with van der Waals surface area (Å²) in [6.07, 6.45) is 5.10. The van der Waals surface area contributed by atoms with E-state index >= 15 is 0 Å². The highest BCUT2D eigenvalue weighted by Crippen LogP contribution is 2.35. The van der Waals surface area contributed by atoms with Crippen molar-refractivity contribution in [2.75, 3.05) is 7.11 Å². The largest absolute Gasteiger partial charge is 0.377 e. The number of halogens is 1. The molecule has 0 amide bonds. The summed E-state index contributed by atoms with van der Waals surface area (Å²) >= 11 is 3.65. The smallest absolute Gasteiger partial charge is 0.0775 e. The van der Waals surface area contributed by atoms with Crippen LogP contribution in [0.3, 0.4) is 0 Å². The van der Waals surface area contributed by atoms with Gasteiger partial charge in [0, 0.05) is 11.9 Å². The molecule has 60 valence electrons. The molecule has 0 aromatic rings. The highest BCUT2D eigenvalue weighted by molar-refractivity contribution is 9.09. The minimum absolute atomic E-state index is 0.0955. The third-order valence-electron chi connectivity index (χ3n) is 2.51. The molecule has 0 N–H and O–H groups in total. The molecule has 10 heavy (non-hydrogen) atoms. The molecule has 0 aliphatic heterocycles. The zero-order valence-electron chi connectivity index (χ0n) is 6.69. The van der Waals surface area contributed by atoms with Gasteiger partial charge in [-0.25, -0.2) is 0 Å². The first-order chi connectivity index (χ1) is 4.69. The first-order valence-corrected chi connectivity index (χ1v) is 4.80. The predicted octanol–water partition coefficient (Wildman–Crippen LogP) is 2.73. The predicted molar refractivity (Wildman–Crippen MR) is 46.6 cm³/mol. The van der Waals surface area contributed by atoms with Crippen molar-refractivity contribution < 1.29 is 4.74 Å². The molecule has 1 nitrogen and oxygen atoms in total. The maximum absolute atomic E-state index is 5.44. The summed E-state index contributed by atoms with van der Waals surface area (Å²) in [6, 6.07) is 0. The fourth-order valence-electron chi connectivity index (χ4n) is 1.49. The van der Waals surface area contributed by atoms with E-state index in [1.807, 2.05) is 0 Å². The Morgan fingerprint density at radius 1 is 1.50 bits per heavy atom. The van der Waals surface area contributed by atoms with E-state index in [9.17, 15) is 0 Å². The van der Waals surface area contributed by atoms with Crippen molar-refractivity contribution in [2.24, 2.45) is 0 Å². The summed E-state index contributed by atoms with van der Waals surface area (Å²) in [6.45, 7) is 2.19. The molecule has 1 rings (SSSR count). The molecule has 1 aliphatic carbocycles. The SMILES string of the molecule is CO[C@@]1(C)CCCC[C@@H]1Br. The van der Waals surface area contributed by atoms with Crippen molar-refractivity contribution in [3.63, 3.8) is 0 Å². The summed E-state index contributed by atoms with van der Waals surface area (Å²) in [4.78, 5) is 0.554. The molecule has 0 saturated heterocycles. The van der Waals surface area contributed by atoms with E-state index in [1.165, 1.54) is 25.7 Å². The van der Waals surface area contributed by atoms with Crippen molar-refractivity contribution in [1.82, 2.24) is 0 Å². The molecule has 0 spiro atoms.